The van der Waals surface area contributed by atoms with E-state index >= 15 is 0 Å². The van der Waals surface area contributed by atoms with Gasteiger partial charge in [0.15, 0.2) is 9.84 Å². The molecular weight excluding hydrogens is 332 g/mol. The standard InChI is InChI=1S/C15H24N4O4S/c1-18-8-12(7-16-18)14-10-24(21,22)6-5-19(14)15(20)17-13(9-23-2)11-3-4-11/h7-8,11,13-14H,3-6,9-10H2,1-2H3,(H,17,20)/t13-,14-/m1/s1. The molecule has 1 aliphatic heterocycles. The minimum atomic E-state index is -3.16. The van der Waals surface area contributed by atoms with E-state index in [9.17, 15) is 13.2 Å². The summed E-state index contributed by atoms with van der Waals surface area (Å²) in [7, 11) is 0.226. The van der Waals surface area contributed by atoms with Gasteiger partial charge < -0.3 is 15.0 Å². The van der Waals surface area contributed by atoms with E-state index in [1.54, 1.807) is 36.1 Å². The summed E-state index contributed by atoms with van der Waals surface area (Å²) in [4.78, 5) is 14.4. The maximum atomic E-state index is 12.8. The lowest BCUT2D eigenvalue weighted by atomic mass is 10.1. The summed E-state index contributed by atoms with van der Waals surface area (Å²) in [6.07, 6.45) is 5.57. The molecule has 2 aliphatic rings. The van der Waals surface area contributed by atoms with E-state index in [4.69, 9.17) is 4.74 Å². The van der Waals surface area contributed by atoms with Crippen molar-refractivity contribution in [3.63, 3.8) is 0 Å². The SMILES string of the molecule is COC[C@@H](NC(=O)N1CCS(=O)(=O)C[C@@H]1c1cnn(C)c1)C1CC1. The second kappa shape index (κ2) is 6.72. The molecule has 1 saturated heterocycles. The van der Waals surface area contributed by atoms with Crippen LogP contribution in [0, 0.1) is 5.92 Å². The number of methoxy groups -OCH3 is 1. The minimum absolute atomic E-state index is 0.00441. The number of urea groups is 1. The van der Waals surface area contributed by atoms with E-state index in [1.807, 2.05) is 0 Å². The molecule has 0 unspecified atom stereocenters. The Morgan fingerprint density at radius 2 is 2.25 bits per heavy atom. The first-order valence-electron chi connectivity index (χ1n) is 8.14. The Balaban J connectivity index is 1.77. The van der Waals surface area contributed by atoms with Gasteiger partial charge in [-0.25, -0.2) is 13.2 Å². The normalized spacial score (nSPS) is 24.6. The highest BCUT2D eigenvalue weighted by atomic mass is 32.2. The Bertz CT molecular complexity index is 698. The molecule has 0 bridgehead atoms. The van der Waals surface area contributed by atoms with E-state index in [0.29, 0.717) is 12.5 Å². The average molecular weight is 356 g/mol. The molecule has 2 fully saturated rings. The van der Waals surface area contributed by atoms with Crippen LogP contribution in [0.25, 0.3) is 0 Å². The molecule has 1 saturated carbocycles. The lowest BCUT2D eigenvalue weighted by Gasteiger charge is -2.36. The first-order valence-corrected chi connectivity index (χ1v) is 9.97. The number of amides is 2. The van der Waals surface area contributed by atoms with Crippen molar-refractivity contribution in [3.8, 4) is 0 Å². The zero-order valence-electron chi connectivity index (χ0n) is 14.0. The summed E-state index contributed by atoms with van der Waals surface area (Å²) in [6, 6.07) is -0.747. The van der Waals surface area contributed by atoms with E-state index < -0.39 is 15.9 Å². The van der Waals surface area contributed by atoms with Crippen molar-refractivity contribution in [2.75, 3.05) is 31.8 Å². The van der Waals surface area contributed by atoms with Crippen molar-refractivity contribution >= 4 is 15.9 Å². The van der Waals surface area contributed by atoms with Crippen molar-refractivity contribution in [3.05, 3.63) is 18.0 Å². The summed E-state index contributed by atoms with van der Waals surface area (Å²) in [5, 5.41) is 7.13. The fraction of sp³-hybridized carbons (Fsp3) is 0.733. The highest BCUT2D eigenvalue weighted by molar-refractivity contribution is 7.91. The van der Waals surface area contributed by atoms with Gasteiger partial charge >= 0.3 is 6.03 Å². The van der Waals surface area contributed by atoms with E-state index in [0.717, 1.165) is 18.4 Å². The van der Waals surface area contributed by atoms with Crippen LogP contribution in [0.5, 0.6) is 0 Å². The molecule has 24 heavy (non-hydrogen) atoms. The van der Waals surface area contributed by atoms with Gasteiger partial charge in [-0.05, 0) is 18.8 Å². The maximum absolute atomic E-state index is 12.8. The number of aryl methyl sites for hydroxylation is 1. The van der Waals surface area contributed by atoms with Gasteiger partial charge in [0.05, 0.1) is 36.4 Å². The summed E-state index contributed by atoms with van der Waals surface area (Å²) in [5.74, 6) is 0.388. The molecule has 0 aromatic carbocycles. The highest BCUT2D eigenvalue weighted by Gasteiger charge is 2.38. The lowest BCUT2D eigenvalue weighted by molar-refractivity contribution is 0.141. The van der Waals surface area contributed by atoms with Crippen molar-refractivity contribution in [1.82, 2.24) is 20.0 Å². The lowest BCUT2D eigenvalue weighted by Crippen LogP contribution is -2.53. The molecule has 9 heteroatoms. The van der Waals surface area contributed by atoms with Gasteiger partial charge in [0.1, 0.15) is 0 Å². The van der Waals surface area contributed by atoms with Crippen LogP contribution in [0.2, 0.25) is 0 Å². The van der Waals surface area contributed by atoms with Crippen LogP contribution in [0.15, 0.2) is 12.4 Å². The van der Waals surface area contributed by atoms with Crippen molar-refractivity contribution in [2.45, 2.75) is 24.9 Å². The molecule has 2 amide bonds. The van der Waals surface area contributed by atoms with Crippen LogP contribution in [-0.2, 0) is 21.6 Å². The molecule has 2 atom stereocenters. The molecular formula is C15H24N4O4S. The number of nitrogens with one attached hydrogen (secondary N) is 1. The second-order valence-electron chi connectivity index (χ2n) is 6.62. The van der Waals surface area contributed by atoms with Crippen molar-refractivity contribution in [1.29, 1.82) is 0 Å². The van der Waals surface area contributed by atoms with E-state index in [1.165, 1.54) is 0 Å². The van der Waals surface area contributed by atoms with Gasteiger partial charge in [0.25, 0.3) is 0 Å². The van der Waals surface area contributed by atoms with Crippen LogP contribution in [-0.4, -0.2) is 66.9 Å². The van der Waals surface area contributed by atoms with Gasteiger partial charge in [0, 0.05) is 32.5 Å². The third-order valence-electron chi connectivity index (χ3n) is 4.65. The third-order valence-corrected chi connectivity index (χ3v) is 6.28. The quantitative estimate of drug-likeness (QED) is 0.820. The van der Waals surface area contributed by atoms with Gasteiger partial charge in [-0.15, -0.1) is 0 Å². The van der Waals surface area contributed by atoms with Gasteiger partial charge in [-0.1, -0.05) is 0 Å². The Morgan fingerprint density at radius 1 is 1.50 bits per heavy atom. The summed E-state index contributed by atoms with van der Waals surface area (Å²) in [5.41, 5.74) is 0.741. The first-order chi connectivity index (χ1) is 11.4. The van der Waals surface area contributed by atoms with Crippen LogP contribution >= 0.6 is 0 Å². The Kier molecular flexibility index (Phi) is 4.82. The predicted molar refractivity (Wildman–Crippen MR) is 88.2 cm³/mol. The number of carbonyl (C=O) groups excluding carboxylic acids is 1. The molecule has 2 heterocycles. The van der Waals surface area contributed by atoms with Crippen LogP contribution in [0.3, 0.4) is 0 Å². The number of nitrogens with zero attached hydrogens (tertiary/aromatic N) is 3. The Labute approximate surface area is 142 Å². The average Bonchev–Trinajstić information content (AvgIpc) is 3.27. The smallest absolute Gasteiger partial charge is 0.318 e. The number of rotatable bonds is 5. The number of aromatic nitrogens is 2. The molecule has 1 aromatic heterocycles. The number of carbonyl (C=O) groups is 1. The summed E-state index contributed by atoms with van der Waals surface area (Å²) < 4.78 is 30.9. The zero-order valence-corrected chi connectivity index (χ0v) is 14.8. The molecule has 3 rings (SSSR count). The van der Waals surface area contributed by atoms with Crippen molar-refractivity contribution in [2.24, 2.45) is 13.0 Å². The van der Waals surface area contributed by atoms with E-state index in [2.05, 4.69) is 10.4 Å². The van der Waals surface area contributed by atoms with Gasteiger partial charge in [-0.2, -0.15) is 5.10 Å². The van der Waals surface area contributed by atoms with Gasteiger partial charge in [0.2, 0.25) is 0 Å². The number of hydrogen-bond donors (Lipinski definition) is 1. The van der Waals surface area contributed by atoms with Crippen LogP contribution in [0.4, 0.5) is 4.79 Å². The molecule has 134 valence electrons. The summed E-state index contributed by atoms with van der Waals surface area (Å²) in [6.45, 7) is 0.665. The van der Waals surface area contributed by atoms with Crippen LogP contribution in [0.1, 0.15) is 24.4 Å². The number of sulfone groups is 1. The summed E-state index contributed by atoms with van der Waals surface area (Å²) >= 11 is 0. The third kappa shape index (κ3) is 3.89. The van der Waals surface area contributed by atoms with Crippen LogP contribution < -0.4 is 5.32 Å². The minimum Gasteiger partial charge on any atom is -0.383 e. The molecule has 0 spiro atoms. The fourth-order valence-electron chi connectivity index (χ4n) is 3.15. The molecule has 1 aliphatic carbocycles. The largest absolute Gasteiger partial charge is 0.383 e. The molecule has 8 nitrogen and oxygen atoms in total. The topological polar surface area (TPSA) is 93.5 Å². The zero-order chi connectivity index (χ0) is 17.3. The van der Waals surface area contributed by atoms with Gasteiger partial charge in [-0.3, -0.25) is 4.68 Å². The molecule has 0 radical (unpaired) electrons. The van der Waals surface area contributed by atoms with Crippen molar-refractivity contribution < 1.29 is 17.9 Å². The predicted octanol–water partition coefficient (Wildman–Crippen LogP) is 0.326. The first kappa shape index (κ1) is 17.2. The number of ether oxygens (including phenoxy) is 1. The second-order valence-corrected chi connectivity index (χ2v) is 8.85. The molecule has 1 aromatic rings. The number of hydrogen-bond acceptors (Lipinski definition) is 5. The Hall–Kier alpha value is -1.61. The molecule has 1 N–H and O–H groups in total. The Morgan fingerprint density at radius 3 is 2.83 bits per heavy atom. The highest BCUT2D eigenvalue weighted by Crippen LogP contribution is 2.33. The maximum Gasteiger partial charge on any atom is 0.318 e. The van der Waals surface area contributed by atoms with E-state index in [-0.39, 0.29) is 30.1 Å². The monoisotopic (exact) mass is 356 g/mol. The fourth-order valence-corrected chi connectivity index (χ4v) is 4.65.